The maximum Gasteiger partial charge on any atom is 0.228 e. The van der Waals surface area contributed by atoms with Crippen molar-refractivity contribution < 1.29 is 9.90 Å². The number of aliphatic hydroxyl groups is 1. The van der Waals surface area contributed by atoms with Gasteiger partial charge >= 0.3 is 0 Å². The normalized spacial score (nSPS) is 19.4. The van der Waals surface area contributed by atoms with Gasteiger partial charge in [-0.2, -0.15) is 0 Å². The van der Waals surface area contributed by atoms with Gasteiger partial charge in [0.15, 0.2) is 0 Å². The molecule has 2 rings (SSSR count). The molecular weight excluding hydrogens is 268 g/mol. The predicted molar refractivity (Wildman–Crippen MR) is 74.0 cm³/mol. The SMILES string of the molecule is CCSc1nc(CC(=O)N2CCC[C@H]2CO)cs1. The molecule has 1 aliphatic rings. The highest BCUT2D eigenvalue weighted by Crippen LogP contribution is 2.23. The molecule has 2 heterocycles. The van der Waals surface area contributed by atoms with Gasteiger partial charge in [-0.15, -0.1) is 11.3 Å². The van der Waals surface area contributed by atoms with Crippen LogP contribution in [0.4, 0.5) is 0 Å². The average molecular weight is 286 g/mol. The third-order valence-corrected chi connectivity index (χ3v) is 4.99. The van der Waals surface area contributed by atoms with E-state index in [0.29, 0.717) is 6.42 Å². The van der Waals surface area contributed by atoms with Crippen molar-refractivity contribution >= 4 is 29.0 Å². The Morgan fingerprint density at radius 3 is 3.28 bits per heavy atom. The number of hydrogen-bond acceptors (Lipinski definition) is 5. The number of carbonyl (C=O) groups is 1. The number of thioether (sulfide) groups is 1. The summed E-state index contributed by atoms with van der Waals surface area (Å²) in [7, 11) is 0. The van der Waals surface area contributed by atoms with E-state index in [-0.39, 0.29) is 18.6 Å². The van der Waals surface area contributed by atoms with Crippen LogP contribution in [0.5, 0.6) is 0 Å². The highest BCUT2D eigenvalue weighted by molar-refractivity contribution is 8.00. The maximum atomic E-state index is 12.1. The van der Waals surface area contributed by atoms with E-state index in [9.17, 15) is 9.90 Å². The van der Waals surface area contributed by atoms with E-state index < -0.39 is 0 Å². The van der Waals surface area contributed by atoms with Crippen LogP contribution in [0.1, 0.15) is 25.5 Å². The van der Waals surface area contributed by atoms with Crippen LogP contribution in [-0.4, -0.2) is 45.8 Å². The number of carbonyl (C=O) groups excluding carboxylic acids is 1. The molecule has 0 aromatic carbocycles. The molecule has 100 valence electrons. The summed E-state index contributed by atoms with van der Waals surface area (Å²) < 4.78 is 1.03. The molecule has 1 amide bonds. The van der Waals surface area contributed by atoms with Gasteiger partial charge in [0.05, 0.1) is 24.8 Å². The van der Waals surface area contributed by atoms with E-state index in [2.05, 4.69) is 11.9 Å². The first-order valence-corrected chi connectivity index (χ1v) is 8.08. The monoisotopic (exact) mass is 286 g/mol. The van der Waals surface area contributed by atoms with E-state index >= 15 is 0 Å². The van der Waals surface area contributed by atoms with Crippen LogP contribution >= 0.6 is 23.1 Å². The number of amides is 1. The van der Waals surface area contributed by atoms with Gasteiger partial charge in [-0.3, -0.25) is 4.79 Å². The molecule has 6 heteroatoms. The highest BCUT2D eigenvalue weighted by Gasteiger charge is 2.28. The molecular formula is C12H18N2O2S2. The van der Waals surface area contributed by atoms with E-state index in [1.165, 1.54) is 0 Å². The molecule has 0 radical (unpaired) electrons. The summed E-state index contributed by atoms with van der Waals surface area (Å²) in [4.78, 5) is 18.4. The van der Waals surface area contributed by atoms with Crippen molar-refractivity contribution in [2.45, 2.75) is 36.6 Å². The van der Waals surface area contributed by atoms with Crippen molar-refractivity contribution in [2.24, 2.45) is 0 Å². The molecule has 1 fully saturated rings. The van der Waals surface area contributed by atoms with Crippen molar-refractivity contribution in [1.29, 1.82) is 0 Å². The lowest BCUT2D eigenvalue weighted by Gasteiger charge is -2.22. The van der Waals surface area contributed by atoms with Crippen LogP contribution in [0.25, 0.3) is 0 Å². The molecule has 0 aliphatic carbocycles. The Labute approximate surface area is 115 Å². The van der Waals surface area contributed by atoms with Gasteiger partial charge in [-0.25, -0.2) is 4.98 Å². The fraction of sp³-hybridized carbons (Fsp3) is 0.667. The first kappa shape index (κ1) is 13.8. The minimum Gasteiger partial charge on any atom is -0.394 e. The van der Waals surface area contributed by atoms with E-state index in [1.807, 2.05) is 5.38 Å². The Hall–Kier alpha value is -0.590. The fourth-order valence-electron chi connectivity index (χ4n) is 2.17. The second-order valence-electron chi connectivity index (χ2n) is 4.28. The molecule has 0 bridgehead atoms. The van der Waals surface area contributed by atoms with E-state index in [1.54, 1.807) is 28.0 Å². The van der Waals surface area contributed by atoms with Gasteiger partial charge in [0.2, 0.25) is 5.91 Å². The Kier molecular flexibility index (Phi) is 5.03. The zero-order chi connectivity index (χ0) is 13.0. The van der Waals surface area contributed by atoms with Gasteiger partial charge in [-0.1, -0.05) is 18.7 Å². The van der Waals surface area contributed by atoms with E-state index in [4.69, 9.17) is 0 Å². The lowest BCUT2D eigenvalue weighted by molar-refractivity contribution is -0.132. The number of aromatic nitrogens is 1. The summed E-state index contributed by atoms with van der Waals surface area (Å²) in [6, 6.07) is 0.0145. The minimum atomic E-state index is 0.0145. The van der Waals surface area contributed by atoms with Crippen LogP contribution < -0.4 is 0 Å². The first-order chi connectivity index (χ1) is 8.74. The molecule has 4 nitrogen and oxygen atoms in total. The molecule has 1 saturated heterocycles. The lowest BCUT2D eigenvalue weighted by Crippen LogP contribution is -2.38. The average Bonchev–Trinajstić information content (AvgIpc) is 2.98. The molecule has 1 atom stereocenters. The smallest absolute Gasteiger partial charge is 0.228 e. The Balaban J connectivity index is 1.93. The fourth-order valence-corrected chi connectivity index (χ4v) is 3.91. The van der Waals surface area contributed by atoms with Crippen molar-refractivity contribution in [2.75, 3.05) is 18.9 Å². The van der Waals surface area contributed by atoms with Crippen LogP contribution in [0.3, 0.4) is 0 Å². The molecule has 1 N–H and O–H groups in total. The number of rotatable bonds is 5. The number of hydrogen-bond donors (Lipinski definition) is 1. The van der Waals surface area contributed by atoms with Crippen molar-refractivity contribution in [3.05, 3.63) is 11.1 Å². The Morgan fingerprint density at radius 2 is 2.56 bits per heavy atom. The summed E-state index contributed by atoms with van der Waals surface area (Å²) in [5, 5.41) is 11.2. The zero-order valence-corrected chi connectivity index (χ0v) is 12.1. The highest BCUT2D eigenvalue weighted by atomic mass is 32.2. The van der Waals surface area contributed by atoms with Crippen LogP contribution in [0, 0.1) is 0 Å². The second-order valence-corrected chi connectivity index (χ2v) is 6.65. The second kappa shape index (κ2) is 6.54. The van der Waals surface area contributed by atoms with Crippen molar-refractivity contribution in [3.8, 4) is 0 Å². The molecule has 0 saturated carbocycles. The van der Waals surface area contributed by atoms with Gasteiger partial charge in [0.25, 0.3) is 0 Å². The van der Waals surface area contributed by atoms with Crippen molar-refractivity contribution in [3.63, 3.8) is 0 Å². The standard InChI is InChI=1S/C12H18N2O2S2/c1-2-17-12-13-9(8-18-12)6-11(16)14-5-3-4-10(14)7-15/h8,10,15H,2-7H2,1H3/t10-/m0/s1. The Bertz CT molecular complexity index is 409. The van der Waals surface area contributed by atoms with E-state index in [0.717, 1.165) is 35.2 Å². The van der Waals surface area contributed by atoms with Crippen LogP contribution in [-0.2, 0) is 11.2 Å². The summed E-state index contributed by atoms with van der Waals surface area (Å²) in [5.74, 6) is 1.09. The number of aliphatic hydroxyl groups excluding tert-OH is 1. The molecule has 18 heavy (non-hydrogen) atoms. The minimum absolute atomic E-state index is 0.0145. The summed E-state index contributed by atoms with van der Waals surface area (Å²) in [5.41, 5.74) is 0.851. The maximum absolute atomic E-state index is 12.1. The third kappa shape index (κ3) is 3.24. The largest absolute Gasteiger partial charge is 0.394 e. The summed E-state index contributed by atoms with van der Waals surface area (Å²) in [6.45, 7) is 2.93. The number of thiazole rings is 1. The van der Waals surface area contributed by atoms with Gasteiger partial charge in [-0.05, 0) is 18.6 Å². The lowest BCUT2D eigenvalue weighted by atomic mass is 10.2. The summed E-state index contributed by atoms with van der Waals surface area (Å²) >= 11 is 3.30. The number of nitrogens with zero attached hydrogens (tertiary/aromatic N) is 2. The van der Waals surface area contributed by atoms with Crippen LogP contribution in [0.2, 0.25) is 0 Å². The summed E-state index contributed by atoms with van der Waals surface area (Å²) in [6.07, 6.45) is 2.26. The molecule has 1 aromatic heterocycles. The molecule has 0 spiro atoms. The topological polar surface area (TPSA) is 53.4 Å². The molecule has 1 aliphatic heterocycles. The van der Waals surface area contributed by atoms with Gasteiger partial charge < -0.3 is 10.0 Å². The van der Waals surface area contributed by atoms with Gasteiger partial charge in [0.1, 0.15) is 4.34 Å². The molecule has 0 unspecified atom stereocenters. The first-order valence-electron chi connectivity index (χ1n) is 6.22. The molecule has 1 aromatic rings. The third-order valence-electron chi connectivity index (χ3n) is 3.04. The zero-order valence-electron chi connectivity index (χ0n) is 10.5. The van der Waals surface area contributed by atoms with Crippen molar-refractivity contribution in [1.82, 2.24) is 9.88 Å². The predicted octanol–water partition coefficient (Wildman–Crippen LogP) is 1.78. The quantitative estimate of drug-likeness (QED) is 0.838. The van der Waals surface area contributed by atoms with Gasteiger partial charge in [0, 0.05) is 11.9 Å². The number of likely N-dealkylation sites (tertiary alicyclic amines) is 1. The Morgan fingerprint density at radius 1 is 1.72 bits per heavy atom. The van der Waals surface area contributed by atoms with Crippen LogP contribution in [0.15, 0.2) is 9.72 Å².